The molecule has 1 rings (SSSR count). The molecular weight excluding hydrogens is 271 g/mol. The zero-order valence-corrected chi connectivity index (χ0v) is 11.2. The van der Waals surface area contributed by atoms with E-state index in [9.17, 15) is 4.39 Å². The molecule has 90 valence electrons. The first kappa shape index (κ1) is 13.5. The second-order valence-corrected chi connectivity index (χ2v) is 5.10. The Kier molecular flexibility index (Phi) is 5.22. The molecule has 2 nitrogen and oxygen atoms in total. The molecule has 0 saturated heterocycles. The molecule has 3 N–H and O–H groups in total. The molecule has 0 saturated carbocycles. The fourth-order valence-corrected chi connectivity index (χ4v) is 1.96. The summed E-state index contributed by atoms with van der Waals surface area (Å²) in [5.74, 6) is 0.727. The van der Waals surface area contributed by atoms with E-state index in [4.69, 9.17) is 5.73 Å². The average Bonchev–Trinajstić information content (AvgIpc) is 2.21. The topological polar surface area (TPSA) is 38.0 Å². The van der Waals surface area contributed by atoms with Crippen LogP contribution < -0.4 is 11.1 Å². The molecule has 0 heterocycles. The van der Waals surface area contributed by atoms with Gasteiger partial charge in [-0.15, -0.1) is 0 Å². The Labute approximate surface area is 105 Å². The maximum atomic E-state index is 12.9. The van der Waals surface area contributed by atoms with Crippen molar-refractivity contribution in [3.8, 4) is 0 Å². The Morgan fingerprint density at radius 1 is 1.44 bits per heavy atom. The maximum absolute atomic E-state index is 12.9. The van der Waals surface area contributed by atoms with E-state index in [1.807, 2.05) is 0 Å². The van der Waals surface area contributed by atoms with Crippen molar-refractivity contribution in [2.75, 3.05) is 18.4 Å². The molecule has 0 radical (unpaired) electrons. The summed E-state index contributed by atoms with van der Waals surface area (Å²) < 4.78 is 13.6. The van der Waals surface area contributed by atoms with Gasteiger partial charge in [0.05, 0.1) is 0 Å². The van der Waals surface area contributed by atoms with Gasteiger partial charge in [0.25, 0.3) is 0 Å². The van der Waals surface area contributed by atoms with Crippen molar-refractivity contribution in [3.05, 3.63) is 28.5 Å². The summed E-state index contributed by atoms with van der Waals surface area (Å²) in [5.41, 5.74) is 6.59. The van der Waals surface area contributed by atoms with Crippen molar-refractivity contribution in [1.29, 1.82) is 0 Å². The van der Waals surface area contributed by atoms with Crippen molar-refractivity contribution in [1.82, 2.24) is 0 Å². The standard InChI is InChI=1S/C12H18BrFN2/c1-8(2)9(6-15)7-16-12-4-3-10(14)5-11(12)13/h3-5,8-9,16H,6-7,15H2,1-2H3. The molecule has 0 aliphatic carbocycles. The monoisotopic (exact) mass is 288 g/mol. The molecule has 0 spiro atoms. The molecule has 0 fully saturated rings. The third kappa shape index (κ3) is 3.76. The van der Waals surface area contributed by atoms with Gasteiger partial charge in [-0.25, -0.2) is 4.39 Å². The molecular formula is C12H18BrFN2. The summed E-state index contributed by atoms with van der Waals surface area (Å²) in [4.78, 5) is 0. The maximum Gasteiger partial charge on any atom is 0.124 e. The van der Waals surface area contributed by atoms with Crippen LogP contribution in [0.4, 0.5) is 10.1 Å². The Balaban J connectivity index is 2.60. The van der Waals surface area contributed by atoms with Crippen molar-refractivity contribution in [3.63, 3.8) is 0 Å². The van der Waals surface area contributed by atoms with Gasteiger partial charge < -0.3 is 11.1 Å². The van der Waals surface area contributed by atoms with Gasteiger partial charge in [-0.05, 0) is 52.5 Å². The van der Waals surface area contributed by atoms with E-state index in [0.717, 1.165) is 16.7 Å². The Morgan fingerprint density at radius 2 is 2.12 bits per heavy atom. The summed E-state index contributed by atoms with van der Waals surface area (Å²) in [7, 11) is 0. The zero-order chi connectivity index (χ0) is 12.1. The highest BCUT2D eigenvalue weighted by atomic mass is 79.9. The smallest absolute Gasteiger partial charge is 0.124 e. The van der Waals surface area contributed by atoms with Crippen molar-refractivity contribution < 1.29 is 4.39 Å². The van der Waals surface area contributed by atoms with Crippen molar-refractivity contribution >= 4 is 21.6 Å². The van der Waals surface area contributed by atoms with E-state index in [0.29, 0.717) is 18.4 Å². The largest absolute Gasteiger partial charge is 0.384 e. The lowest BCUT2D eigenvalue weighted by molar-refractivity contribution is 0.413. The molecule has 0 bridgehead atoms. The van der Waals surface area contributed by atoms with Crippen LogP contribution in [0, 0.1) is 17.7 Å². The van der Waals surface area contributed by atoms with Gasteiger partial charge in [-0.3, -0.25) is 0 Å². The normalized spacial score (nSPS) is 12.9. The van der Waals surface area contributed by atoms with Crippen LogP contribution >= 0.6 is 15.9 Å². The van der Waals surface area contributed by atoms with Gasteiger partial charge in [-0.1, -0.05) is 13.8 Å². The van der Waals surface area contributed by atoms with Gasteiger partial charge in [0.15, 0.2) is 0 Å². The van der Waals surface area contributed by atoms with E-state index < -0.39 is 0 Å². The number of nitrogens with one attached hydrogen (secondary N) is 1. The van der Waals surface area contributed by atoms with E-state index in [1.54, 1.807) is 6.07 Å². The van der Waals surface area contributed by atoms with Gasteiger partial charge in [-0.2, -0.15) is 0 Å². The van der Waals surface area contributed by atoms with Crippen LogP contribution in [0.1, 0.15) is 13.8 Å². The number of anilines is 1. The second-order valence-electron chi connectivity index (χ2n) is 4.24. The third-order valence-corrected chi connectivity index (χ3v) is 3.39. The Bertz CT molecular complexity index is 342. The molecule has 4 heteroatoms. The van der Waals surface area contributed by atoms with Gasteiger partial charge in [0.1, 0.15) is 5.82 Å². The van der Waals surface area contributed by atoms with Gasteiger partial charge >= 0.3 is 0 Å². The average molecular weight is 289 g/mol. The number of rotatable bonds is 5. The van der Waals surface area contributed by atoms with Crippen molar-refractivity contribution in [2.24, 2.45) is 17.6 Å². The minimum atomic E-state index is -0.239. The minimum Gasteiger partial charge on any atom is -0.384 e. The molecule has 0 aliphatic rings. The Hall–Kier alpha value is -0.610. The Morgan fingerprint density at radius 3 is 2.62 bits per heavy atom. The predicted octanol–water partition coefficient (Wildman–Crippen LogP) is 3.23. The number of hydrogen-bond acceptors (Lipinski definition) is 2. The molecule has 1 atom stereocenters. The van der Waals surface area contributed by atoms with Crippen LogP contribution in [0.2, 0.25) is 0 Å². The molecule has 1 aromatic rings. The lowest BCUT2D eigenvalue weighted by Crippen LogP contribution is -2.27. The molecule has 16 heavy (non-hydrogen) atoms. The van der Waals surface area contributed by atoms with Gasteiger partial charge in [0, 0.05) is 16.7 Å². The summed E-state index contributed by atoms with van der Waals surface area (Å²) >= 11 is 3.32. The molecule has 0 aromatic heterocycles. The molecule has 1 unspecified atom stereocenters. The van der Waals surface area contributed by atoms with Crippen LogP contribution in [0.5, 0.6) is 0 Å². The lowest BCUT2D eigenvalue weighted by atomic mass is 9.96. The molecule has 1 aromatic carbocycles. The summed E-state index contributed by atoms with van der Waals surface area (Å²) in [6, 6.07) is 4.63. The highest BCUT2D eigenvalue weighted by Gasteiger charge is 2.11. The summed E-state index contributed by atoms with van der Waals surface area (Å²) in [6.45, 7) is 5.76. The van der Waals surface area contributed by atoms with Crippen LogP contribution in [0.3, 0.4) is 0 Å². The minimum absolute atomic E-state index is 0.239. The van der Waals surface area contributed by atoms with Crippen molar-refractivity contribution in [2.45, 2.75) is 13.8 Å². The number of nitrogens with two attached hydrogens (primary N) is 1. The first-order chi connectivity index (χ1) is 7.54. The highest BCUT2D eigenvalue weighted by Crippen LogP contribution is 2.23. The first-order valence-electron chi connectivity index (χ1n) is 5.43. The summed E-state index contributed by atoms with van der Waals surface area (Å²) in [6.07, 6.45) is 0. The number of benzene rings is 1. The van der Waals surface area contributed by atoms with E-state index in [-0.39, 0.29) is 5.82 Å². The van der Waals surface area contributed by atoms with E-state index in [1.165, 1.54) is 12.1 Å². The lowest BCUT2D eigenvalue weighted by Gasteiger charge is -2.20. The van der Waals surface area contributed by atoms with Crippen LogP contribution in [-0.4, -0.2) is 13.1 Å². The SMILES string of the molecule is CC(C)C(CN)CNc1ccc(F)cc1Br. The fraction of sp³-hybridized carbons (Fsp3) is 0.500. The van der Waals surface area contributed by atoms with E-state index >= 15 is 0 Å². The quantitative estimate of drug-likeness (QED) is 0.873. The van der Waals surface area contributed by atoms with Crippen LogP contribution in [0.15, 0.2) is 22.7 Å². The van der Waals surface area contributed by atoms with Crippen LogP contribution in [-0.2, 0) is 0 Å². The van der Waals surface area contributed by atoms with E-state index in [2.05, 4.69) is 35.1 Å². The number of hydrogen-bond donors (Lipinski definition) is 2. The number of halogens is 2. The fourth-order valence-electron chi connectivity index (χ4n) is 1.47. The second kappa shape index (κ2) is 6.21. The molecule has 0 amide bonds. The summed E-state index contributed by atoms with van der Waals surface area (Å²) in [5, 5.41) is 3.28. The van der Waals surface area contributed by atoms with Crippen LogP contribution in [0.25, 0.3) is 0 Å². The highest BCUT2D eigenvalue weighted by molar-refractivity contribution is 9.10. The third-order valence-electron chi connectivity index (χ3n) is 2.73. The predicted molar refractivity (Wildman–Crippen MR) is 70.0 cm³/mol. The zero-order valence-electron chi connectivity index (χ0n) is 9.63. The van der Waals surface area contributed by atoms with Gasteiger partial charge in [0.2, 0.25) is 0 Å². The molecule has 0 aliphatic heterocycles. The first-order valence-corrected chi connectivity index (χ1v) is 6.23.